The Morgan fingerprint density at radius 3 is 2.70 bits per heavy atom. The number of halogens is 1. The number of carbonyl (C=O) groups is 1. The SMILES string of the molecule is Nc1c(C(=O)Nc2ccc(F)cc2)sc2cnccc12. The van der Waals surface area contributed by atoms with Crippen LogP contribution in [0.5, 0.6) is 0 Å². The first-order valence-corrected chi connectivity index (χ1v) is 6.65. The van der Waals surface area contributed by atoms with Gasteiger partial charge in [0.1, 0.15) is 10.7 Å². The lowest BCUT2D eigenvalue weighted by Gasteiger charge is -2.04. The Labute approximate surface area is 118 Å². The highest BCUT2D eigenvalue weighted by atomic mass is 32.1. The zero-order valence-electron chi connectivity index (χ0n) is 10.3. The van der Waals surface area contributed by atoms with Crippen LogP contribution in [0.2, 0.25) is 0 Å². The highest BCUT2D eigenvalue weighted by Gasteiger charge is 2.16. The molecule has 0 aliphatic heterocycles. The molecule has 1 amide bonds. The molecule has 20 heavy (non-hydrogen) atoms. The number of nitrogens with zero attached hydrogens (tertiary/aromatic N) is 1. The summed E-state index contributed by atoms with van der Waals surface area (Å²) in [5.74, 6) is -0.661. The topological polar surface area (TPSA) is 68.0 Å². The largest absolute Gasteiger partial charge is 0.397 e. The van der Waals surface area contributed by atoms with Crippen LogP contribution in [0.15, 0.2) is 42.7 Å². The van der Waals surface area contributed by atoms with E-state index in [9.17, 15) is 9.18 Å². The van der Waals surface area contributed by atoms with Gasteiger partial charge in [-0.2, -0.15) is 0 Å². The summed E-state index contributed by atoms with van der Waals surface area (Å²) in [6, 6.07) is 7.34. The monoisotopic (exact) mass is 287 g/mol. The van der Waals surface area contributed by atoms with Crippen LogP contribution in [0.1, 0.15) is 9.67 Å². The fourth-order valence-electron chi connectivity index (χ4n) is 1.86. The van der Waals surface area contributed by atoms with Crippen LogP contribution in [0.4, 0.5) is 15.8 Å². The number of thiophene rings is 1. The first-order chi connectivity index (χ1) is 9.65. The van der Waals surface area contributed by atoms with Gasteiger partial charge in [-0.25, -0.2) is 4.39 Å². The van der Waals surface area contributed by atoms with Gasteiger partial charge in [0.2, 0.25) is 0 Å². The second-order valence-corrected chi connectivity index (χ2v) is 5.23. The van der Waals surface area contributed by atoms with Crippen LogP contribution < -0.4 is 11.1 Å². The Bertz CT molecular complexity index is 783. The van der Waals surface area contributed by atoms with Crippen LogP contribution >= 0.6 is 11.3 Å². The molecule has 3 N–H and O–H groups in total. The van der Waals surface area contributed by atoms with Crippen LogP contribution in [-0.2, 0) is 0 Å². The van der Waals surface area contributed by atoms with Crippen LogP contribution in [-0.4, -0.2) is 10.9 Å². The summed E-state index contributed by atoms with van der Waals surface area (Å²) in [6.45, 7) is 0. The number of anilines is 2. The maximum absolute atomic E-state index is 12.8. The highest BCUT2D eigenvalue weighted by Crippen LogP contribution is 2.33. The summed E-state index contributed by atoms with van der Waals surface area (Å²) in [5.41, 5.74) is 6.94. The van der Waals surface area contributed by atoms with Crippen molar-refractivity contribution in [1.29, 1.82) is 0 Å². The molecule has 0 atom stereocenters. The Hall–Kier alpha value is -2.47. The summed E-state index contributed by atoms with van der Waals surface area (Å²) in [7, 11) is 0. The first-order valence-electron chi connectivity index (χ1n) is 5.84. The standard InChI is InChI=1S/C14H10FN3OS/c15-8-1-3-9(4-2-8)18-14(19)13-12(16)10-5-6-17-7-11(10)20-13/h1-7H,16H2,(H,18,19). The number of benzene rings is 1. The fourth-order valence-corrected chi connectivity index (χ4v) is 2.85. The van der Waals surface area contributed by atoms with Gasteiger partial charge < -0.3 is 11.1 Å². The molecule has 1 aromatic carbocycles. The molecule has 0 aliphatic rings. The smallest absolute Gasteiger partial charge is 0.267 e. The number of amides is 1. The second-order valence-electron chi connectivity index (χ2n) is 4.18. The molecular formula is C14H10FN3OS. The molecule has 0 saturated heterocycles. The zero-order valence-corrected chi connectivity index (χ0v) is 11.1. The molecule has 0 bridgehead atoms. The lowest BCUT2D eigenvalue weighted by Crippen LogP contribution is -2.11. The fraction of sp³-hybridized carbons (Fsp3) is 0. The van der Waals surface area contributed by atoms with Gasteiger partial charge in [0.25, 0.3) is 5.91 Å². The van der Waals surface area contributed by atoms with E-state index in [0.29, 0.717) is 16.3 Å². The van der Waals surface area contributed by atoms with Crippen LogP contribution in [0, 0.1) is 5.82 Å². The highest BCUT2D eigenvalue weighted by molar-refractivity contribution is 7.21. The van der Waals surface area contributed by atoms with Crippen molar-refractivity contribution < 1.29 is 9.18 Å². The van der Waals surface area contributed by atoms with Gasteiger partial charge >= 0.3 is 0 Å². The van der Waals surface area contributed by atoms with Crippen molar-refractivity contribution in [2.45, 2.75) is 0 Å². The zero-order chi connectivity index (χ0) is 14.1. The molecule has 3 aromatic rings. The van der Waals surface area contributed by atoms with Gasteiger partial charge in [-0.3, -0.25) is 9.78 Å². The van der Waals surface area contributed by atoms with E-state index in [-0.39, 0.29) is 11.7 Å². The summed E-state index contributed by atoms with van der Waals surface area (Å²) < 4.78 is 13.7. The van der Waals surface area contributed by atoms with Crippen molar-refractivity contribution in [3.63, 3.8) is 0 Å². The average molecular weight is 287 g/mol. The van der Waals surface area contributed by atoms with E-state index in [1.807, 2.05) is 0 Å². The van der Waals surface area contributed by atoms with Gasteiger partial charge in [-0.1, -0.05) is 0 Å². The molecule has 6 heteroatoms. The minimum absolute atomic E-state index is 0.310. The molecule has 0 fully saturated rings. The molecule has 0 spiro atoms. The number of hydrogen-bond donors (Lipinski definition) is 2. The maximum atomic E-state index is 12.8. The van der Waals surface area contributed by atoms with Crippen LogP contribution in [0.25, 0.3) is 10.1 Å². The van der Waals surface area contributed by atoms with Crippen molar-refractivity contribution in [3.05, 3.63) is 53.4 Å². The van der Waals surface area contributed by atoms with E-state index in [0.717, 1.165) is 10.1 Å². The minimum Gasteiger partial charge on any atom is -0.397 e. The van der Waals surface area contributed by atoms with Crippen LogP contribution in [0.3, 0.4) is 0 Å². The molecule has 3 rings (SSSR count). The van der Waals surface area contributed by atoms with Gasteiger partial charge in [-0.05, 0) is 30.3 Å². The van der Waals surface area contributed by atoms with Crippen molar-refractivity contribution in [2.75, 3.05) is 11.1 Å². The number of aromatic nitrogens is 1. The molecule has 0 aliphatic carbocycles. The van der Waals surface area contributed by atoms with Crippen molar-refractivity contribution in [2.24, 2.45) is 0 Å². The summed E-state index contributed by atoms with van der Waals surface area (Å²) >= 11 is 1.28. The quantitative estimate of drug-likeness (QED) is 0.760. The number of hydrogen-bond acceptors (Lipinski definition) is 4. The van der Waals surface area contributed by atoms with Gasteiger partial charge in [-0.15, -0.1) is 11.3 Å². The summed E-state index contributed by atoms with van der Waals surface area (Å²) in [6.07, 6.45) is 3.30. The van der Waals surface area contributed by atoms with E-state index < -0.39 is 0 Å². The molecule has 100 valence electrons. The molecular weight excluding hydrogens is 277 g/mol. The third kappa shape index (κ3) is 2.21. The van der Waals surface area contributed by atoms with E-state index >= 15 is 0 Å². The lowest BCUT2D eigenvalue weighted by atomic mass is 10.2. The average Bonchev–Trinajstić information content (AvgIpc) is 2.79. The molecule has 0 unspecified atom stereocenters. The Morgan fingerprint density at radius 2 is 2.00 bits per heavy atom. The number of nitrogen functional groups attached to an aromatic ring is 1. The summed E-state index contributed by atoms with van der Waals surface area (Å²) in [5, 5.41) is 3.51. The van der Waals surface area contributed by atoms with E-state index in [1.165, 1.54) is 35.6 Å². The molecule has 4 nitrogen and oxygen atoms in total. The number of fused-ring (bicyclic) bond motifs is 1. The minimum atomic E-state index is -0.351. The van der Waals surface area contributed by atoms with E-state index in [1.54, 1.807) is 18.5 Å². The van der Waals surface area contributed by atoms with Crippen molar-refractivity contribution in [1.82, 2.24) is 4.98 Å². The predicted octanol–water partition coefficient (Wildman–Crippen LogP) is 3.27. The molecule has 2 heterocycles. The predicted molar refractivity (Wildman–Crippen MR) is 78.4 cm³/mol. The Balaban J connectivity index is 1.92. The van der Waals surface area contributed by atoms with Gasteiger partial charge in [0.15, 0.2) is 0 Å². The molecule has 0 radical (unpaired) electrons. The van der Waals surface area contributed by atoms with E-state index in [4.69, 9.17) is 5.73 Å². The third-order valence-corrected chi connectivity index (χ3v) is 3.99. The van der Waals surface area contributed by atoms with E-state index in [2.05, 4.69) is 10.3 Å². The second kappa shape index (κ2) is 4.90. The van der Waals surface area contributed by atoms with Gasteiger partial charge in [0.05, 0.1) is 10.4 Å². The number of nitrogens with one attached hydrogen (secondary N) is 1. The number of rotatable bonds is 2. The van der Waals surface area contributed by atoms with Crippen molar-refractivity contribution in [3.8, 4) is 0 Å². The lowest BCUT2D eigenvalue weighted by molar-refractivity contribution is 0.103. The molecule has 2 aromatic heterocycles. The maximum Gasteiger partial charge on any atom is 0.267 e. The number of carbonyl (C=O) groups excluding carboxylic acids is 1. The summed E-state index contributed by atoms with van der Waals surface area (Å²) in [4.78, 5) is 16.6. The number of nitrogens with two attached hydrogens (primary N) is 1. The Morgan fingerprint density at radius 1 is 1.25 bits per heavy atom. The Kier molecular flexibility index (Phi) is 3.08. The van der Waals surface area contributed by atoms with Crippen molar-refractivity contribution >= 4 is 38.7 Å². The number of pyridine rings is 1. The van der Waals surface area contributed by atoms with Gasteiger partial charge in [0, 0.05) is 23.5 Å². The first kappa shape index (κ1) is 12.6. The third-order valence-electron chi connectivity index (χ3n) is 2.84. The molecule has 0 saturated carbocycles. The normalized spacial score (nSPS) is 10.7.